The zero-order chi connectivity index (χ0) is 21.3. The standard InChI is InChI=1S/C21H24F4N4O/c22-16-3-1-15(2-4-16)12-29-18-13-28(19(30)11-14-5-8-26-9-6-14)10-7-17(18)20(27-29)21(23,24)25/h1-4,14,26H,5-13H2. The SMILES string of the molecule is O=C(CC1CCNCC1)N1CCc2c(C(F)(F)F)nn(Cc3ccc(F)cc3)c2C1. The third kappa shape index (κ3) is 4.50. The molecule has 0 bridgehead atoms. The third-order valence-corrected chi connectivity index (χ3v) is 5.93. The number of aromatic nitrogens is 2. The van der Waals surface area contributed by atoms with Gasteiger partial charge in [0.1, 0.15) is 5.82 Å². The maximum absolute atomic E-state index is 13.5. The summed E-state index contributed by atoms with van der Waals surface area (Å²) in [4.78, 5) is 14.4. The number of nitrogens with one attached hydrogen (secondary N) is 1. The number of carbonyl (C=O) groups is 1. The average Bonchev–Trinajstić information content (AvgIpc) is 3.08. The predicted octanol–water partition coefficient (Wildman–Crippen LogP) is 3.36. The Bertz CT molecular complexity index is 901. The topological polar surface area (TPSA) is 50.2 Å². The number of carbonyl (C=O) groups excluding carboxylic acids is 1. The van der Waals surface area contributed by atoms with Crippen LogP contribution >= 0.6 is 0 Å². The first-order valence-corrected chi connectivity index (χ1v) is 10.2. The summed E-state index contributed by atoms with van der Waals surface area (Å²) in [5, 5.41) is 7.11. The van der Waals surface area contributed by atoms with Gasteiger partial charge in [-0.3, -0.25) is 9.48 Å². The van der Waals surface area contributed by atoms with Crippen molar-refractivity contribution in [3.8, 4) is 0 Å². The zero-order valence-electron chi connectivity index (χ0n) is 16.5. The summed E-state index contributed by atoms with van der Waals surface area (Å²) in [5.74, 6) is -0.113. The third-order valence-electron chi connectivity index (χ3n) is 5.93. The van der Waals surface area contributed by atoms with Gasteiger partial charge in [0, 0.05) is 18.5 Å². The smallest absolute Gasteiger partial charge is 0.336 e. The molecule has 0 unspecified atom stereocenters. The second-order valence-electron chi connectivity index (χ2n) is 8.02. The molecule has 9 heteroatoms. The van der Waals surface area contributed by atoms with Gasteiger partial charge >= 0.3 is 6.18 Å². The highest BCUT2D eigenvalue weighted by molar-refractivity contribution is 5.76. The fraction of sp³-hybridized carbons (Fsp3) is 0.524. The molecule has 0 saturated carbocycles. The lowest BCUT2D eigenvalue weighted by Crippen LogP contribution is -2.39. The van der Waals surface area contributed by atoms with Gasteiger partial charge in [-0.25, -0.2) is 4.39 Å². The molecule has 1 N–H and O–H groups in total. The maximum atomic E-state index is 13.5. The van der Waals surface area contributed by atoms with Gasteiger partial charge in [0.05, 0.1) is 18.8 Å². The predicted molar refractivity (Wildman–Crippen MR) is 102 cm³/mol. The number of piperidine rings is 1. The van der Waals surface area contributed by atoms with E-state index >= 15 is 0 Å². The number of rotatable bonds is 4. The van der Waals surface area contributed by atoms with Gasteiger partial charge in [0.2, 0.25) is 5.91 Å². The Hall–Kier alpha value is -2.42. The van der Waals surface area contributed by atoms with Gasteiger partial charge in [-0.05, 0) is 56.0 Å². The molecule has 2 aliphatic heterocycles. The van der Waals surface area contributed by atoms with E-state index in [0.717, 1.165) is 25.9 Å². The largest absolute Gasteiger partial charge is 0.435 e. The average molecular weight is 424 g/mol. The van der Waals surface area contributed by atoms with Crippen LogP contribution in [0.4, 0.5) is 17.6 Å². The summed E-state index contributed by atoms with van der Waals surface area (Å²) in [7, 11) is 0. The Kier molecular flexibility index (Phi) is 5.81. The molecule has 2 aliphatic rings. The van der Waals surface area contributed by atoms with Crippen molar-refractivity contribution in [2.75, 3.05) is 19.6 Å². The second kappa shape index (κ2) is 8.37. The van der Waals surface area contributed by atoms with Crippen molar-refractivity contribution >= 4 is 5.91 Å². The molecule has 1 fully saturated rings. The van der Waals surface area contributed by atoms with Crippen molar-refractivity contribution in [3.63, 3.8) is 0 Å². The highest BCUT2D eigenvalue weighted by Crippen LogP contribution is 2.35. The zero-order valence-corrected chi connectivity index (χ0v) is 16.5. The van der Waals surface area contributed by atoms with Crippen molar-refractivity contribution in [1.29, 1.82) is 0 Å². The molecule has 5 nitrogen and oxygen atoms in total. The highest BCUT2D eigenvalue weighted by Gasteiger charge is 2.41. The lowest BCUT2D eigenvalue weighted by Gasteiger charge is -2.30. The van der Waals surface area contributed by atoms with E-state index in [-0.39, 0.29) is 37.5 Å². The van der Waals surface area contributed by atoms with Crippen molar-refractivity contribution in [1.82, 2.24) is 20.0 Å². The van der Waals surface area contributed by atoms with Crippen molar-refractivity contribution in [2.45, 2.75) is 44.9 Å². The minimum absolute atomic E-state index is 0.0179. The van der Waals surface area contributed by atoms with Gasteiger partial charge in [-0.2, -0.15) is 18.3 Å². The van der Waals surface area contributed by atoms with Crippen LogP contribution in [0, 0.1) is 11.7 Å². The van der Waals surface area contributed by atoms with Crippen LogP contribution in [0.3, 0.4) is 0 Å². The van der Waals surface area contributed by atoms with Gasteiger partial charge in [-0.1, -0.05) is 12.1 Å². The molecular weight excluding hydrogens is 400 g/mol. The summed E-state index contributed by atoms with van der Waals surface area (Å²) in [5.41, 5.74) is 0.339. The van der Waals surface area contributed by atoms with Gasteiger partial charge in [-0.15, -0.1) is 0 Å². The molecule has 1 aromatic carbocycles. The number of benzene rings is 1. The van der Waals surface area contributed by atoms with Gasteiger partial charge in [0.15, 0.2) is 5.69 Å². The Morgan fingerprint density at radius 2 is 1.87 bits per heavy atom. The van der Waals surface area contributed by atoms with Crippen LogP contribution in [0.2, 0.25) is 0 Å². The van der Waals surface area contributed by atoms with Crippen molar-refractivity contribution in [2.24, 2.45) is 5.92 Å². The molecule has 1 aromatic heterocycles. The Morgan fingerprint density at radius 1 is 1.17 bits per heavy atom. The number of hydrogen-bond donors (Lipinski definition) is 1. The number of alkyl halides is 3. The molecular formula is C21H24F4N4O. The lowest BCUT2D eigenvalue weighted by molar-refractivity contribution is -0.142. The second-order valence-corrected chi connectivity index (χ2v) is 8.02. The van der Waals surface area contributed by atoms with E-state index < -0.39 is 17.7 Å². The first-order valence-electron chi connectivity index (χ1n) is 10.2. The van der Waals surface area contributed by atoms with Crippen LogP contribution in [-0.2, 0) is 30.5 Å². The number of hydrogen-bond acceptors (Lipinski definition) is 3. The van der Waals surface area contributed by atoms with Gasteiger partial charge < -0.3 is 10.2 Å². The van der Waals surface area contributed by atoms with Crippen LogP contribution in [0.25, 0.3) is 0 Å². The molecule has 4 rings (SSSR count). The van der Waals surface area contributed by atoms with E-state index in [4.69, 9.17) is 0 Å². The quantitative estimate of drug-likeness (QED) is 0.766. The normalized spacial score (nSPS) is 17.8. The van der Waals surface area contributed by atoms with E-state index in [9.17, 15) is 22.4 Å². The molecule has 0 atom stereocenters. The molecule has 162 valence electrons. The highest BCUT2D eigenvalue weighted by atomic mass is 19.4. The van der Waals surface area contributed by atoms with Crippen LogP contribution < -0.4 is 5.32 Å². The minimum Gasteiger partial charge on any atom is -0.336 e. The summed E-state index contributed by atoms with van der Waals surface area (Å²) in [6.07, 6.45) is -2.13. The number of amides is 1. The number of fused-ring (bicyclic) bond motifs is 1. The van der Waals surface area contributed by atoms with Crippen molar-refractivity contribution in [3.05, 3.63) is 52.6 Å². The molecule has 1 saturated heterocycles. The molecule has 30 heavy (non-hydrogen) atoms. The maximum Gasteiger partial charge on any atom is 0.435 e. The molecule has 0 aliphatic carbocycles. The number of nitrogens with zero attached hydrogens (tertiary/aromatic N) is 3. The molecule has 0 spiro atoms. The number of halogens is 4. The van der Waals surface area contributed by atoms with E-state index in [1.807, 2.05) is 0 Å². The van der Waals surface area contributed by atoms with Crippen LogP contribution in [-0.4, -0.2) is 40.2 Å². The fourth-order valence-electron chi connectivity index (χ4n) is 4.28. The first-order chi connectivity index (χ1) is 14.3. The Morgan fingerprint density at radius 3 is 2.53 bits per heavy atom. The molecule has 1 amide bonds. The van der Waals surface area contributed by atoms with Crippen LogP contribution in [0.5, 0.6) is 0 Å². The minimum atomic E-state index is -4.56. The van der Waals surface area contributed by atoms with Crippen LogP contribution in [0.15, 0.2) is 24.3 Å². The summed E-state index contributed by atoms with van der Waals surface area (Å²) in [6, 6.07) is 5.59. The fourth-order valence-corrected chi connectivity index (χ4v) is 4.28. The lowest BCUT2D eigenvalue weighted by atomic mass is 9.93. The summed E-state index contributed by atoms with van der Waals surface area (Å²) < 4.78 is 55.1. The van der Waals surface area contributed by atoms with Gasteiger partial charge in [0.25, 0.3) is 0 Å². The monoisotopic (exact) mass is 424 g/mol. The summed E-state index contributed by atoms with van der Waals surface area (Å²) >= 11 is 0. The Balaban J connectivity index is 1.56. The molecule has 2 aromatic rings. The summed E-state index contributed by atoms with van der Waals surface area (Å²) in [6.45, 7) is 2.25. The van der Waals surface area contributed by atoms with E-state index in [2.05, 4.69) is 10.4 Å². The van der Waals surface area contributed by atoms with Crippen LogP contribution in [0.1, 0.15) is 41.8 Å². The molecule has 3 heterocycles. The van der Waals surface area contributed by atoms with E-state index in [1.54, 1.807) is 4.90 Å². The van der Waals surface area contributed by atoms with Crippen molar-refractivity contribution < 1.29 is 22.4 Å². The first kappa shape index (κ1) is 20.8. The Labute approximate surface area is 172 Å². The van der Waals surface area contributed by atoms with E-state index in [0.29, 0.717) is 23.6 Å². The van der Waals surface area contributed by atoms with E-state index in [1.165, 1.54) is 28.9 Å². The molecule has 0 radical (unpaired) electrons.